The maximum Gasteiger partial charge on any atom is 0.509 e. The van der Waals surface area contributed by atoms with Crippen LogP contribution < -0.4 is 9.47 Å². The molecule has 42 heavy (non-hydrogen) atoms. The molecule has 1 aromatic rings. The summed E-state index contributed by atoms with van der Waals surface area (Å²) >= 11 is 0. The molecule has 2 bridgehead atoms. The summed E-state index contributed by atoms with van der Waals surface area (Å²) in [7, 11) is 3.56. The van der Waals surface area contributed by atoms with Crippen LogP contribution in [0.1, 0.15) is 71.9 Å². The first-order valence-corrected chi connectivity index (χ1v) is 14.3. The molecule has 2 aliphatic heterocycles. The van der Waals surface area contributed by atoms with E-state index in [4.69, 9.17) is 28.4 Å². The summed E-state index contributed by atoms with van der Waals surface area (Å²) in [6, 6.07) is 3.68. The van der Waals surface area contributed by atoms with Gasteiger partial charge in [-0.3, -0.25) is 4.79 Å². The van der Waals surface area contributed by atoms with Crippen molar-refractivity contribution in [2.75, 3.05) is 20.7 Å². The predicted molar refractivity (Wildman–Crippen MR) is 149 cm³/mol. The van der Waals surface area contributed by atoms with E-state index < -0.39 is 58.9 Å². The van der Waals surface area contributed by atoms with E-state index in [0.29, 0.717) is 30.9 Å². The second-order valence-corrected chi connectivity index (χ2v) is 13.6. The number of aliphatic hydroxyl groups is 1. The summed E-state index contributed by atoms with van der Waals surface area (Å²) < 4.78 is 33.9. The van der Waals surface area contributed by atoms with E-state index in [0.717, 1.165) is 11.1 Å². The fourth-order valence-corrected chi connectivity index (χ4v) is 6.87. The lowest BCUT2D eigenvalue weighted by atomic mass is 9.50. The number of hydrogen-bond donors (Lipinski definition) is 1. The summed E-state index contributed by atoms with van der Waals surface area (Å²) in [4.78, 5) is 41.0. The highest BCUT2D eigenvalue weighted by Crippen LogP contribution is 2.65. The molecule has 1 saturated heterocycles. The molecule has 1 N–H and O–H groups in total. The summed E-state index contributed by atoms with van der Waals surface area (Å²) in [5, 5.41) is 12.4. The predicted octanol–water partition coefficient (Wildman–Crippen LogP) is 3.57. The van der Waals surface area contributed by atoms with Gasteiger partial charge in [-0.1, -0.05) is 6.07 Å². The van der Waals surface area contributed by atoms with Crippen molar-refractivity contribution >= 4 is 18.1 Å². The molecule has 2 heterocycles. The molecule has 5 rings (SSSR count). The SMILES string of the molecule is COc1ccc2c3c1O[C@H]1C(OC(=O)[C@H](CC(=O)OC(C)(C)C)OC(=O)OC(C)(C)C)=CC[C@@]4(O)[C@H](C2)N(C)CC[C@]314. The molecule has 0 amide bonds. The van der Waals surface area contributed by atoms with Gasteiger partial charge in [0.25, 0.3) is 0 Å². The molecule has 4 aliphatic rings. The second kappa shape index (κ2) is 10.2. The van der Waals surface area contributed by atoms with Crippen molar-refractivity contribution < 1.29 is 47.9 Å². The Hall–Kier alpha value is -3.31. The van der Waals surface area contributed by atoms with Crippen molar-refractivity contribution in [3.05, 3.63) is 35.1 Å². The van der Waals surface area contributed by atoms with E-state index in [1.807, 2.05) is 19.2 Å². The molecular weight excluding hydrogens is 546 g/mol. The zero-order valence-electron chi connectivity index (χ0n) is 25.6. The number of carbonyl (C=O) groups is 3. The van der Waals surface area contributed by atoms with E-state index in [2.05, 4.69) is 4.90 Å². The number of likely N-dealkylation sites (tertiary alicyclic amines) is 1. The zero-order chi connectivity index (χ0) is 30.8. The number of rotatable bonds is 6. The standard InChI is InChI=1S/C31H41NO10/c1-28(2,3)41-22(33)16-20(39-27(35)42-29(4,5)6)26(34)38-19-11-12-31(36)21-15-17-9-10-18(37-8)24-23(17)30(31,25(19)40-24)13-14-32(21)7/h9-11,20-21,25,36H,12-16H2,1-8H3/t20-,21-,25-,30-,31+/m0/s1. The van der Waals surface area contributed by atoms with Gasteiger partial charge in [0.15, 0.2) is 17.6 Å². The Morgan fingerprint density at radius 2 is 1.81 bits per heavy atom. The molecule has 1 aromatic carbocycles. The van der Waals surface area contributed by atoms with Gasteiger partial charge in [-0.05, 0) is 85.7 Å². The molecule has 0 aromatic heterocycles. The number of hydrogen-bond acceptors (Lipinski definition) is 11. The number of carbonyl (C=O) groups excluding carboxylic acids is 3. The van der Waals surface area contributed by atoms with Crippen LogP contribution >= 0.6 is 0 Å². The smallest absolute Gasteiger partial charge is 0.493 e. The van der Waals surface area contributed by atoms with Gasteiger partial charge in [-0.15, -0.1) is 0 Å². The normalized spacial score (nSPS) is 28.5. The third-order valence-electron chi connectivity index (χ3n) is 8.44. The number of esters is 2. The van der Waals surface area contributed by atoms with E-state index in [1.54, 1.807) is 54.7 Å². The Kier molecular flexibility index (Phi) is 7.29. The van der Waals surface area contributed by atoms with Crippen LogP contribution in [0.15, 0.2) is 24.0 Å². The Morgan fingerprint density at radius 1 is 1.12 bits per heavy atom. The highest BCUT2D eigenvalue weighted by atomic mass is 16.7. The Labute approximate surface area is 246 Å². The minimum Gasteiger partial charge on any atom is -0.493 e. The largest absolute Gasteiger partial charge is 0.509 e. The minimum atomic E-state index is -1.64. The minimum absolute atomic E-state index is 0.173. The van der Waals surface area contributed by atoms with Gasteiger partial charge in [0.2, 0.25) is 6.10 Å². The van der Waals surface area contributed by atoms with Gasteiger partial charge < -0.3 is 38.4 Å². The fourth-order valence-electron chi connectivity index (χ4n) is 6.87. The molecular formula is C31H41NO10. The van der Waals surface area contributed by atoms with Crippen molar-refractivity contribution in [1.29, 1.82) is 0 Å². The van der Waals surface area contributed by atoms with Crippen molar-refractivity contribution in [3.63, 3.8) is 0 Å². The summed E-state index contributed by atoms with van der Waals surface area (Å²) in [6.45, 7) is 10.7. The van der Waals surface area contributed by atoms with E-state index >= 15 is 0 Å². The summed E-state index contributed by atoms with van der Waals surface area (Å²) in [5.74, 6) is -0.490. The molecule has 1 fully saturated rings. The Morgan fingerprint density at radius 3 is 2.45 bits per heavy atom. The van der Waals surface area contributed by atoms with Crippen LogP contribution in [-0.4, -0.2) is 83.9 Å². The molecule has 230 valence electrons. The zero-order valence-corrected chi connectivity index (χ0v) is 25.6. The Balaban J connectivity index is 1.47. The number of likely N-dealkylation sites (N-methyl/N-ethyl adjacent to an activating group) is 1. The van der Waals surface area contributed by atoms with Crippen molar-refractivity contribution in [3.8, 4) is 11.5 Å². The maximum absolute atomic E-state index is 13.6. The van der Waals surface area contributed by atoms with Gasteiger partial charge in [-0.2, -0.15) is 0 Å². The van der Waals surface area contributed by atoms with Crippen LogP contribution in [-0.2, 0) is 40.4 Å². The number of piperidine rings is 1. The number of ether oxygens (including phenoxy) is 6. The van der Waals surface area contributed by atoms with Gasteiger partial charge in [0.05, 0.1) is 24.5 Å². The first kappa shape index (κ1) is 30.2. The lowest BCUT2D eigenvalue weighted by Gasteiger charge is -2.61. The molecule has 0 radical (unpaired) electrons. The first-order chi connectivity index (χ1) is 19.5. The van der Waals surface area contributed by atoms with Crippen molar-refractivity contribution in [2.45, 2.75) is 108 Å². The number of methoxy groups -OCH3 is 1. The van der Waals surface area contributed by atoms with Gasteiger partial charge in [0, 0.05) is 18.0 Å². The van der Waals surface area contributed by atoms with Crippen LogP contribution in [0.25, 0.3) is 0 Å². The molecule has 2 aliphatic carbocycles. The monoisotopic (exact) mass is 587 g/mol. The number of nitrogens with zero attached hydrogens (tertiary/aromatic N) is 1. The quantitative estimate of drug-likeness (QED) is 0.387. The average Bonchev–Trinajstić information content (AvgIpc) is 3.21. The number of benzene rings is 1. The van der Waals surface area contributed by atoms with Crippen LogP contribution in [0, 0.1) is 0 Å². The van der Waals surface area contributed by atoms with Crippen molar-refractivity contribution in [2.24, 2.45) is 0 Å². The Bertz CT molecular complexity index is 1290. The summed E-state index contributed by atoms with van der Waals surface area (Å²) in [6.07, 6.45) is -1.11. The van der Waals surface area contributed by atoms with Crippen LogP contribution in [0.4, 0.5) is 4.79 Å². The summed E-state index contributed by atoms with van der Waals surface area (Å²) in [5.41, 5.74) is -1.85. The molecule has 5 atom stereocenters. The van der Waals surface area contributed by atoms with Crippen LogP contribution in [0.3, 0.4) is 0 Å². The molecule has 11 heteroatoms. The van der Waals surface area contributed by atoms with Gasteiger partial charge in [-0.25, -0.2) is 9.59 Å². The third kappa shape index (κ3) is 5.00. The lowest BCUT2D eigenvalue weighted by molar-refractivity contribution is -0.175. The van der Waals surface area contributed by atoms with Gasteiger partial charge in [0.1, 0.15) is 17.0 Å². The highest BCUT2D eigenvalue weighted by Gasteiger charge is 2.72. The van der Waals surface area contributed by atoms with Crippen molar-refractivity contribution in [1.82, 2.24) is 4.90 Å². The fraction of sp³-hybridized carbons (Fsp3) is 0.645. The second-order valence-electron chi connectivity index (χ2n) is 13.6. The molecule has 0 saturated carbocycles. The maximum atomic E-state index is 13.6. The van der Waals surface area contributed by atoms with Crippen LogP contribution in [0.5, 0.6) is 11.5 Å². The first-order valence-electron chi connectivity index (χ1n) is 14.3. The highest BCUT2D eigenvalue weighted by molar-refractivity contribution is 5.84. The van der Waals surface area contributed by atoms with E-state index in [1.165, 1.54) is 0 Å². The third-order valence-corrected chi connectivity index (χ3v) is 8.44. The average molecular weight is 588 g/mol. The van der Waals surface area contributed by atoms with E-state index in [9.17, 15) is 19.5 Å². The van der Waals surface area contributed by atoms with Crippen LogP contribution in [0.2, 0.25) is 0 Å². The van der Waals surface area contributed by atoms with Gasteiger partial charge >= 0.3 is 18.1 Å². The lowest BCUT2D eigenvalue weighted by Crippen LogP contribution is -2.74. The topological polar surface area (TPSA) is 130 Å². The molecule has 0 unspecified atom stereocenters. The van der Waals surface area contributed by atoms with E-state index in [-0.39, 0.29) is 18.2 Å². The molecule has 1 spiro atoms. The molecule has 11 nitrogen and oxygen atoms in total.